The van der Waals surface area contributed by atoms with Gasteiger partial charge in [-0.2, -0.15) is 0 Å². The Morgan fingerprint density at radius 2 is 1.85 bits per heavy atom. The van der Waals surface area contributed by atoms with E-state index in [4.69, 9.17) is 0 Å². The summed E-state index contributed by atoms with van der Waals surface area (Å²) in [5, 5.41) is 0.161. The van der Waals surface area contributed by atoms with Gasteiger partial charge < -0.3 is 0 Å². The second kappa shape index (κ2) is 6.18. The largest absolute Gasteiger partial charge is 0.250 e. The Kier molecular flexibility index (Phi) is 6.48. The summed E-state index contributed by atoms with van der Waals surface area (Å²) in [6.45, 7) is 10.5. The van der Waals surface area contributed by atoms with Gasteiger partial charge in [0.25, 0.3) is 0 Å². The number of halogens is 1. The van der Waals surface area contributed by atoms with Crippen molar-refractivity contribution < 1.29 is 4.39 Å². The van der Waals surface area contributed by atoms with Gasteiger partial charge in [-0.05, 0) is 5.92 Å². The highest BCUT2D eigenvalue weighted by Crippen LogP contribution is 2.40. The predicted molar refractivity (Wildman–Crippen MR) is 64.2 cm³/mol. The maximum absolute atomic E-state index is 12.6. The van der Waals surface area contributed by atoms with Crippen molar-refractivity contribution in [2.75, 3.05) is 6.67 Å². The van der Waals surface area contributed by atoms with Gasteiger partial charge in [0.1, 0.15) is 6.67 Å². The molecule has 80 valence electrons. The zero-order valence-electron chi connectivity index (χ0n) is 9.26. The first-order valence-corrected chi connectivity index (χ1v) is 7.02. The molecular weight excluding hydrogens is 203 g/mol. The Hall–Kier alpha value is 0.630. The highest BCUT2D eigenvalue weighted by molar-refractivity contribution is 8.77. The molecule has 0 aromatic heterocycles. The molecule has 0 aromatic rings. The quantitative estimate of drug-likeness (QED) is 0.628. The average Bonchev–Trinajstić information content (AvgIpc) is 2.03. The minimum absolute atomic E-state index is 0.161. The third-order valence-electron chi connectivity index (χ3n) is 1.85. The van der Waals surface area contributed by atoms with Gasteiger partial charge in [0, 0.05) is 10.00 Å². The normalized spacial score (nSPS) is 17.1. The molecule has 0 rings (SSSR count). The van der Waals surface area contributed by atoms with E-state index in [2.05, 4.69) is 34.6 Å². The highest BCUT2D eigenvalue weighted by atomic mass is 33.1. The molecule has 0 heterocycles. The molecule has 0 aliphatic heterocycles. The van der Waals surface area contributed by atoms with E-state index in [1.165, 1.54) is 0 Å². The van der Waals surface area contributed by atoms with Gasteiger partial charge in [-0.1, -0.05) is 62.6 Å². The third kappa shape index (κ3) is 6.67. The lowest BCUT2D eigenvalue weighted by atomic mass is 10.1. The number of hydrogen-bond acceptors (Lipinski definition) is 2. The van der Waals surface area contributed by atoms with Crippen LogP contribution in [-0.2, 0) is 0 Å². The van der Waals surface area contributed by atoms with Gasteiger partial charge in [-0.15, -0.1) is 0 Å². The Balaban J connectivity index is 3.85. The molecule has 0 bridgehead atoms. The Labute approximate surface area is 89.8 Å². The summed E-state index contributed by atoms with van der Waals surface area (Å²) in [6, 6.07) is 0. The topological polar surface area (TPSA) is 0 Å². The van der Waals surface area contributed by atoms with E-state index in [9.17, 15) is 4.39 Å². The van der Waals surface area contributed by atoms with Crippen LogP contribution in [0.15, 0.2) is 0 Å². The summed E-state index contributed by atoms with van der Waals surface area (Å²) < 4.78 is 12.9. The molecule has 0 aliphatic carbocycles. The summed E-state index contributed by atoms with van der Waals surface area (Å²) in [7, 11) is 3.49. The minimum atomic E-state index is -0.206. The van der Waals surface area contributed by atoms with E-state index in [1.54, 1.807) is 21.6 Å². The maximum Gasteiger partial charge on any atom is 0.102 e. The van der Waals surface area contributed by atoms with E-state index < -0.39 is 0 Å². The monoisotopic (exact) mass is 224 g/mol. The first-order chi connectivity index (χ1) is 5.90. The lowest BCUT2D eigenvalue weighted by Crippen LogP contribution is -2.16. The molecule has 2 unspecified atom stereocenters. The van der Waals surface area contributed by atoms with Crippen LogP contribution in [0.2, 0.25) is 0 Å². The lowest BCUT2D eigenvalue weighted by molar-refractivity contribution is 0.411. The molecule has 0 radical (unpaired) electrons. The molecule has 0 aliphatic rings. The van der Waals surface area contributed by atoms with Crippen LogP contribution in [0.4, 0.5) is 4.39 Å². The van der Waals surface area contributed by atoms with E-state index >= 15 is 0 Å². The van der Waals surface area contributed by atoms with E-state index in [0.29, 0.717) is 5.92 Å². The Morgan fingerprint density at radius 1 is 1.31 bits per heavy atom. The van der Waals surface area contributed by atoms with E-state index in [0.717, 1.165) is 6.42 Å². The number of hydrogen-bond donors (Lipinski definition) is 0. The van der Waals surface area contributed by atoms with Crippen molar-refractivity contribution in [3.05, 3.63) is 0 Å². The highest BCUT2D eigenvalue weighted by Gasteiger charge is 2.20. The van der Waals surface area contributed by atoms with Crippen LogP contribution in [0.5, 0.6) is 0 Å². The van der Waals surface area contributed by atoms with Crippen molar-refractivity contribution in [1.29, 1.82) is 0 Å². The van der Waals surface area contributed by atoms with Crippen molar-refractivity contribution in [2.45, 2.75) is 51.0 Å². The van der Waals surface area contributed by atoms with Crippen molar-refractivity contribution in [3.8, 4) is 0 Å². The fourth-order valence-electron chi connectivity index (χ4n) is 0.742. The molecule has 0 nitrogen and oxygen atoms in total. The standard InChI is InChI=1S/C10H21FS2/c1-6-8(2)9(7-11)12-13-10(3,4)5/h8-9H,6-7H2,1-5H3. The summed E-state index contributed by atoms with van der Waals surface area (Å²) >= 11 is 0. The molecule has 13 heavy (non-hydrogen) atoms. The summed E-state index contributed by atoms with van der Waals surface area (Å²) in [6.07, 6.45) is 1.06. The van der Waals surface area contributed by atoms with Crippen LogP contribution in [0.25, 0.3) is 0 Å². The van der Waals surface area contributed by atoms with Crippen molar-refractivity contribution in [3.63, 3.8) is 0 Å². The SMILES string of the molecule is CCC(C)C(CF)SSC(C)(C)C. The van der Waals surface area contributed by atoms with Crippen LogP contribution in [0.3, 0.4) is 0 Å². The molecule has 0 spiro atoms. The van der Waals surface area contributed by atoms with Gasteiger partial charge in [0.15, 0.2) is 0 Å². The smallest absolute Gasteiger partial charge is 0.102 e. The molecular formula is C10H21FS2. The van der Waals surface area contributed by atoms with Crippen LogP contribution in [-0.4, -0.2) is 16.7 Å². The molecule has 3 heteroatoms. The summed E-state index contributed by atoms with van der Waals surface area (Å²) in [5.41, 5.74) is 0. The van der Waals surface area contributed by atoms with Gasteiger partial charge in [-0.25, -0.2) is 4.39 Å². The van der Waals surface area contributed by atoms with Gasteiger partial charge in [0.2, 0.25) is 0 Å². The fourth-order valence-corrected chi connectivity index (χ4v) is 3.55. The van der Waals surface area contributed by atoms with E-state index in [1.807, 2.05) is 0 Å². The first-order valence-electron chi connectivity index (χ1n) is 4.81. The zero-order chi connectivity index (χ0) is 10.5. The van der Waals surface area contributed by atoms with Crippen LogP contribution >= 0.6 is 21.6 Å². The summed E-state index contributed by atoms with van der Waals surface area (Å²) in [4.78, 5) is 0. The second-order valence-corrected chi connectivity index (χ2v) is 7.64. The number of rotatable bonds is 5. The Bertz CT molecular complexity index is 131. The molecule has 0 saturated carbocycles. The van der Waals surface area contributed by atoms with Gasteiger partial charge >= 0.3 is 0 Å². The van der Waals surface area contributed by atoms with E-state index in [-0.39, 0.29) is 16.7 Å². The zero-order valence-corrected chi connectivity index (χ0v) is 10.9. The van der Waals surface area contributed by atoms with Crippen molar-refractivity contribution in [1.82, 2.24) is 0 Å². The number of alkyl halides is 1. The van der Waals surface area contributed by atoms with Crippen LogP contribution in [0.1, 0.15) is 41.0 Å². The van der Waals surface area contributed by atoms with Gasteiger partial charge in [0.05, 0.1) is 0 Å². The molecule has 2 atom stereocenters. The van der Waals surface area contributed by atoms with Crippen molar-refractivity contribution >= 4 is 21.6 Å². The average molecular weight is 224 g/mol. The predicted octanol–water partition coefficient (Wildman–Crippen LogP) is 4.55. The molecule has 0 fully saturated rings. The lowest BCUT2D eigenvalue weighted by Gasteiger charge is -2.23. The first kappa shape index (κ1) is 13.6. The molecule has 0 aromatic carbocycles. The van der Waals surface area contributed by atoms with Crippen LogP contribution < -0.4 is 0 Å². The van der Waals surface area contributed by atoms with Crippen LogP contribution in [0, 0.1) is 5.92 Å². The fraction of sp³-hybridized carbons (Fsp3) is 1.00. The van der Waals surface area contributed by atoms with Crippen molar-refractivity contribution in [2.24, 2.45) is 5.92 Å². The molecule has 0 amide bonds. The minimum Gasteiger partial charge on any atom is -0.250 e. The molecule has 0 saturated heterocycles. The third-order valence-corrected chi connectivity index (χ3v) is 5.82. The Morgan fingerprint density at radius 3 is 2.15 bits per heavy atom. The maximum atomic E-state index is 12.6. The van der Waals surface area contributed by atoms with Gasteiger partial charge in [-0.3, -0.25) is 0 Å². The summed E-state index contributed by atoms with van der Waals surface area (Å²) in [5.74, 6) is 0.477. The second-order valence-electron chi connectivity index (χ2n) is 4.37. The molecule has 0 N–H and O–H groups in total.